The van der Waals surface area contributed by atoms with Crippen molar-refractivity contribution in [1.82, 2.24) is 15.2 Å². The smallest absolute Gasteiger partial charge is 0.253 e. The highest BCUT2D eigenvalue weighted by molar-refractivity contribution is 7.80. The van der Waals surface area contributed by atoms with Gasteiger partial charge in [-0.3, -0.25) is 4.79 Å². The van der Waals surface area contributed by atoms with Crippen molar-refractivity contribution in [2.75, 3.05) is 13.7 Å². The number of nitrogens with zero attached hydrogens (tertiary/aromatic N) is 1. The summed E-state index contributed by atoms with van der Waals surface area (Å²) in [5.74, 6) is 0.750. The molecule has 0 bridgehead atoms. The molecule has 0 spiro atoms. The molecular weight excluding hydrogens is 430 g/mol. The Labute approximate surface area is 199 Å². The van der Waals surface area contributed by atoms with Gasteiger partial charge in [0, 0.05) is 29.6 Å². The lowest BCUT2D eigenvalue weighted by atomic mass is 10.1. The quantitative estimate of drug-likeness (QED) is 0.377. The van der Waals surface area contributed by atoms with E-state index in [4.69, 9.17) is 17.0 Å². The molecule has 0 saturated carbocycles. The first-order chi connectivity index (χ1) is 16.1. The number of benzene rings is 3. The molecule has 6 heteroatoms. The van der Waals surface area contributed by atoms with Crippen LogP contribution in [0.2, 0.25) is 0 Å². The first-order valence-electron chi connectivity index (χ1n) is 10.9. The SMILES string of the molecule is COc1ccc2[nH]c(=O)c(CN(Cc3ccccc3)C(=S)NCCc3ccccc3)cc2c1. The predicted molar refractivity (Wildman–Crippen MR) is 138 cm³/mol. The number of pyridine rings is 1. The summed E-state index contributed by atoms with van der Waals surface area (Å²) >= 11 is 5.75. The Balaban J connectivity index is 1.54. The van der Waals surface area contributed by atoms with E-state index in [0.29, 0.717) is 23.8 Å². The number of hydrogen-bond donors (Lipinski definition) is 2. The zero-order valence-electron chi connectivity index (χ0n) is 18.6. The van der Waals surface area contributed by atoms with Crippen LogP contribution in [0.25, 0.3) is 10.9 Å². The van der Waals surface area contributed by atoms with E-state index < -0.39 is 0 Å². The zero-order chi connectivity index (χ0) is 23.0. The number of aromatic nitrogens is 1. The maximum Gasteiger partial charge on any atom is 0.253 e. The van der Waals surface area contributed by atoms with Gasteiger partial charge in [0.15, 0.2) is 5.11 Å². The van der Waals surface area contributed by atoms with Gasteiger partial charge in [-0.1, -0.05) is 60.7 Å². The van der Waals surface area contributed by atoms with E-state index in [1.54, 1.807) is 7.11 Å². The van der Waals surface area contributed by atoms with E-state index in [1.165, 1.54) is 5.56 Å². The van der Waals surface area contributed by atoms with Crippen LogP contribution in [-0.2, 0) is 19.5 Å². The van der Waals surface area contributed by atoms with Crippen molar-refractivity contribution in [3.8, 4) is 5.75 Å². The van der Waals surface area contributed by atoms with Gasteiger partial charge >= 0.3 is 0 Å². The fourth-order valence-electron chi connectivity index (χ4n) is 3.75. The molecule has 0 unspecified atom stereocenters. The normalized spacial score (nSPS) is 10.7. The highest BCUT2D eigenvalue weighted by Gasteiger charge is 2.14. The van der Waals surface area contributed by atoms with Gasteiger partial charge in [-0.15, -0.1) is 0 Å². The lowest BCUT2D eigenvalue weighted by Crippen LogP contribution is -2.40. The highest BCUT2D eigenvalue weighted by atomic mass is 32.1. The summed E-state index contributed by atoms with van der Waals surface area (Å²) < 4.78 is 5.34. The van der Waals surface area contributed by atoms with Gasteiger partial charge in [-0.25, -0.2) is 0 Å². The Kier molecular flexibility index (Phi) is 7.37. The van der Waals surface area contributed by atoms with Crippen LogP contribution < -0.4 is 15.6 Å². The summed E-state index contributed by atoms with van der Waals surface area (Å²) in [6.07, 6.45) is 0.872. The van der Waals surface area contributed by atoms with Crippen molar-refractivity contribution in [2.45, 2.75) is 19.5 Å². The van der Waals surface area contributed by atoms with Crippen LogP contribution in [0, 0.1) is 0 Å². The second kappa shape index (κ2) is 10.8. The van der Waals surface area contributed by atoms with Crippen LogP contribution in [0.1, 0.15) is 16.7 Å². The minimum atomic E-state index is -0.113. The molecule has 5 nitrogen and oxygen atoms in total. The van der Waals surface area contributed by atoms with Crippen LogP contribution in [0.15, 0.2) is 89.7 Å². The van der Waals surface area contributed by atoms with E-state index in [0.717, 1.165) is 35.2 Å². The van der Waals surface area contributed by atoms with Crippen LogP contribution >= 0.6 is 12.2 Å². The Morgan fingerprint density at radius 2 is 1.64 bits per heavy atom. The van der Waals surface area contributed by atoms with E-state index in [9.17, 15) is 4.79 Å². The predicted octanol–water partition coefficient (Wildman–Crippen LogP) is 4.66. The summed E-state index contributed by atoms with van der Waals surface area (Å²) in [5, 5.41) is 4.92. The van der Waals surface area contributed by atoms with Crippen LogP contribution in [0.5, 0.6) is 5.75 Å². The first kappa shape index (κ1) is 22.6. The largest absolute Gasteiger partial charge is 0.497 e. The number of thiocarbonyl (C=S) groups is 1. The van der Waals surface area contributed by atoms with Gasteiger partial charge in [0.2, 0.25) is 0 Å². The first-order valence-corrected chi connectivity index (χ1v) is 11.3. The molecule has 0 aliphatic carbocycles. The van der Waals surface area contributed by atoms with Crippen molar-refractivity contribution in [3.05, 3.63) is 112 Å². The molecule has 0 saturated heterocycles. The van der Waals surface area contributed by atoms with Gasteiger partial charge in [-0.2, -0.15) is 0 Å². The molecule has 33 heavy (non-hydrogen) atoms. The van der Waals surface area contributed by atoms with Crippen molar-refractivity contribution < 1.29 is 4.74 Å². The van der Waals surface area contributed by atoms with Gasteiger partial charge in [0.05, 0.1) is 13.7 Å². The van der Waals surface area contributed by atoms with Crippen LogP contribution in [0.3, 0.4) is 0 Å². The lowest BCUT2D eigenvalue weighted by molar-refractivity contribution is 0.397. The molecule has 4 aromatic rings. The standard InChI is InChI=1S/C27H27N3O2S/c1-32-24-12-13-25-22(17-24)16-23(26(31)29-25)19-30(18-21-10-6-3-7-11-21)27(33)28-15-14-20-8-4-2-5-9-20/h2-13,16-17H,14-15,18-19H2,1H3,(H,28,33)(H,29,31). The van der Waals surface area contributed by atoms with Crippen molar-refractivity contribution >= 4 is 28.2 Å². The summed E-state index contributed by atoms with van der Waals surface area (Å²) in [5.41, 5.74) is 3.70. The number of ether oxygens (including phenoxy) is 1. The van der Waals surface area contributed by atoms with Gasteiger partial charge in [0.25, 0.3) is 5.56 Å². The third-order valence-corrected chi connectivity index (χ3v) is 5.93. The zero-order valence-corrected chi connectivity index (χ0v) is 19.4. The fraction of sp³-hybridized carbons (Fsp3) is 0.185. The maximum atomic E-state index is 12.8. The molecule has 1 heterocycles. The average Bonchev–Trinajstić information content (AvgIpc) is 2.85. The molecular formula is C27H27N3O2S. The minimum Gasteiger partial charge on any atom is -0.497 e. The number of rotatable bonds is 8. The third-order valence-electron chi connectivity index (χ3n) is 5.53. The molecule has 0 fully saturated rings. The van der Waals surface area contributed by atoms with Gasteiger partial charge in [-0.05, 0) is 54.0 Å². The van der Waals surface area contributed by atoms with Crippen molar-refractivity contribution in [2.24, 2.45) is 0 Å². The van der Waals surface area contributed by atoms with E-state index >= 15 is 0 Å². The van der Waals surface area contributed by atoms with Crippen LogP contribution in [0.4, 0.5) is 0 Å². The van der Waals surface area contributed by atoms with Crippen LogP contribution in [-0.4, -0.2) is 28.7 Å². The number of aromatic amines is 1. The lowest BCUT2D eigenvalue weighted by Gasteiger charge is -2.26. The molecule has 3 aromatic carbocycles. The number of hydrogen-bond acceptors (Lipinski definition) is 3. The second-order valence-corrected chi connectivity index (χ2v) is 8.27. The average molecular weight is 458 g/mol. The Morgan fingerprint density at radius 1 is 0.939 bits per heavy atom. The molecule has 4 rings (SSSR count). The van der Waals surface area contributed by atoms with Crippen molar-refractivity contribution in [3.63, 3.8) is 0 Å². The number of methoxy groups -OCH3 is 1. The fourth-order valence-corrected chi connectivity index (χ4v) is 3.98. The van der Waals surface area contributed by atoms with E-state index in [2.05, 4.69) is 34.6 Å². The monoisotopic (exact) mass is 457 g/mol. The Morgan fingerprint density at radius 3 is 2.33 bits per heavy atom. The number of nitrogens with one attached hydrogen (secondary N) is 2. The molecule has 1 aromatic heterocycles. The number of H-pyrrole nitrogens is 1. The molecule has 0 amide bonds. The Hall–Kier alpha value is -3.64. The van der Waals surface area contributed by atoms with E-state index in [1.807, 2.05) is 65.6 Å². The molecule has 0 aliphatic heterocycles. The highest BCUT2D eigenvalue weighted by Crippen LogP contribution is 2.19. The minimum absolute atomic E-state index is 0.113. The summed E-state index contributed by atoms with van der Waals surface area (Å²) in [6, 6.07) is 28.0. The second-order valence-electron chi connectivity index (χ2n) is 7.89. The molecule has 168 valence electrons. The summed E-state index contributed by atoms with van der Waals surface area (Å²) in [6.45, 7) is 1.72. The summed E-state index contributed by atoms with van der Waals surface area (Å²) in [7, 11) is 1.63. The summed E-state index contributed by atoms with van der Waals surface area (Å²) in [4.78, 5) is 17.8. The topological polar surface area (TPSA) is 57.4 Å². The van der Waals surface area contributed by atoms with E-state index in [-0.39, 0.29) is 5.56 Å². The Bertz CT molecular complexity index is 1270. The molecule has 0 aliphatic rings. The molecule has 0 atom stereocenters. The number of fused-ring (bicyclic) bond motifs is 1. The molecule has 0 radical (unpaired) electrons. The maximum absolute atomic E-state index is 12.8. The molecule has 2 N–H and O–H groups in total. The van der Waals surface area contributed by atoms with Crippen molar-refractivity contribution in [1.29, 1.82) is 0 Å². The third kappa shape index (κ3) is 5.99. The van der Waals surface area contributed by atoms with Gasteiger partial charge < -0.3 is 19.9 Å². The van der Waals surface area contributed by atoms with Gasteiger partial charge in [0.1, 0.15) is 5.75 Å².